The van der Waals surface area contributed by atoms with Gasteiger partial charge in [0.05, 0.1) is 22.5 Å². The van der Waals surface area contributed by atoms with Crippen LogP contribution in [0.2, 0.25) is 5.02 Å². The predicted octanol–water partition coefficient (Wildman–Crippen LogP) is 5.95. The molecule has 1 aromatic heterocycles. The van der Waals surface area contributed by atoms with Gasteiger partial charge >= 0.3 is 0 Å². The topological polar surface area (TPSA) is 42.0 Å². The number of pyridine rings is 1. The van der Waals surface area contributed by atoms with Crippen LogP contribution in [0.25, 0.3) is 22.2 Å². The van der Waals surface area contributed by atoms with Gasteiger partial charge in [0.1, 0.15) is 5.82 Å². The molecule has 0 aliphatic heterocycles. The molecule has 0 saturated carbocycles. The van der Waals surface area contributed by atoms with Gasteiger partial charge in [-0.3, -0.25) is 4.79 Å². The second kappa shape index (κ2) is 7.17. The molecule has 132 valence electrons. The first-order chi connectivity index (χ1) is 13.1. The highest BCUT2D eigenvalue weighted by Crippen LogP contribution is 2.30. The van der Waals surface area contributed by atoms with E-state index in [0.717, 1.165) is 5.56 Å². The molecule has 27 heavy (non-hydrogen) atoms. The molecule has 1 amide bonds. The van der Waals surface area contributed by atoms with Crippen molar-refractivity contribution in [3.63, 3.8) is 0 Å². The van der Waals surface area contributed by atoms with Crippen LogP contribution in [-0.2, 0) is 0 Å². The molecule has 0 saturated heterocycles. The summed E-state index contributed by atoms with van der Waals surface area (Å²) >= 11 is 6.30. The van der Waals surface area contributed by atoms with Crippen molar-refractivity contribution in [2.24, 2.45) is 0 Å². The minimum atomic E-state index is -0.490. The van der Waals surface area contributed by atoms with Gasteiger partial charge in [0.15, 0.2) is 0 Å². The minimum Gasteiger partial charge on any atom is -0.319 e. The molecule has 3 nitrogen and oxygen atoms in total. The van der Waals surface area contributed by atoms with Gasteiger partial charge in [0.2, 0.25) is 0 Å². The number of aromatic nitrogens is 1. The first kappa shape index (κ1) is 17.2. The van der Waals surface area contributed by atoms with Gasteiger partial charge in [-0.05, 0) is 30.3 Å². The maximum absolute atomic E-state index is 13.9. The van der Waals surface area contributed by atoms with Gasteiger partial charge < -0.3 is 5.32 Å². The number of amides is 1. The second-order valence-electron chi connectivity index (χ2n) is 5.99. The van der Waals surface area contributed by atoms with Gasteiger partial charge in [-0.25, -0.2) is 9.37 Å². The van der Waals surface area contributed by atoms with Crippen molar-refractivity contribution in [2.75, 3.05) is 5.32 Å². The third-order valence-electron chi connectivity index (χ3n) is 4.23. The van der Waals surface area contributed by atoms with E-state index in [9.17, 15) is 9.18 Å². The summed E-state index contributed by atoms with van der Waals surface area (Å²) in [5, 5.41) is 3.86. The molecular formula is C22H14ClFN2O. The van der Waals surface area contributed by atoms with E-state index in [0.29, 0.717) is 27.2 Å². The van der Waals surface area contributed by atoms with Crippen LogP contribution in [0.3, 0.4) is 0 Å². The molecule has 0 aliphatic carbocycles. The van der Waals surface area contributed by atoms with E-state index < -0.39 is 11.7 Å². The number of anilines is 1. The van der Waals surface area contributed by atoms with Crippen LogP contribution in [0.4, 0.5) is 10.1 Å². The lowest BCUT2D eigenvalue weighted by Crippen LogP contribution is -2.14. The normalized spacial score (nSPS) is 10.7. The van der Waals surface area contributed by atoms with Gasteiger partial charge in [0, 0.05) is 16.0 Å². The van der Waals surface area contributed by atoms with E-state index >= 15 is 0 Å². The number of carbonyl (C=O) groups excluding carboxylic acids is 1. The maximum atomic E-state index is 13.9. The number of hydrogen-bond donors (Lipinski definition) is 1. The molecule has 0 bridgehead atoms. The van der Waals surface area contributed by atoms with Crippen LogP contribution in [0.15, 0.2) is 78.9 Å². The van der Waals surface area contributed by atoms with Crippen molar-refractivity contribution in [2.45, 2.75) is 0 Å². The number of nitrogens with zero attached hydrogens (tertiary/aromatic N) is 1. The summed E-state index contributed by atoms with van der Waals surface area (Å²) in [6, 6.07) is 22.4. The van der Waals surface area contributed by atoms with Crippen molar-refractivity contribution in [3.05, 3.63) is 95.3 Å². The Morgan fingerprint density at radius 2 is 1.63 bits per heavy atom. The summed E-state index contributed by atoms with van der Waals surface area (Å²) in [6.07, 6.45) is 0. The molecule has 3 aromatic carbocycles. The van der Waals surface area contributed by atoms with E-state index in [1.807, 2.05) is 42.5 Å². The fraction of sp³-hybridized carbons (Fsp3) is 0. The quantitative estimate of drug-likeness (QED) is 0.480. The van der Waals surface area contributed by atoms with Crippen molar-refractivity contribution in [1.29, 1.82) is 0 Å². The number of nitrogens with one attached hydrogen (secondary N) is 1. The zero-order valence-electron chi connectivity index (χ0n) is 14.1. The maximum Gasteiger partial charge on any atom is 0.256 e. The van der Waals surface area contributed by atoms with Crippen LogP contribution < -0.4 is 5.32 Å². The van der Waals surface area contributed by atoms with E-state index in [4.69, 9.17) is 11.6 Å². The molecule has 5 heteroatoms. The Morgan fingerprint density at radius 1 is 0.926 bits per heavy atom. The number of rotatable bonds is 3. The number of benzene rings is 3. The minimum absolute atomic E-state index is 0.127. The zero-order valence-corrected chi connectivity index (χ0v) is 14.9. The molecule has 0 spiro atoms. The highest BCUT2D eigenvalue weighted by Gasteiger charge is 2.16. The molecule has 0 radical (unpaired) electrons. The predicted molar refractivity (Wildman–Crippen MR) is 107 cm³/mol. The fourth-order valence-corrected chi connectivity index (χ4v) is 3.15. The van der Waals surface area contributed by atoms with Gasteiger partial charge in [0.25, 0.3) is 5.91 Å². The summed E-state index contributed by atoms with van der Waals surface area (Å²) in [5.74, 6) is -0.900. The van der Waals surface area contributed by atoms with Gasteiger partial charge in [-0.15, -0.1) is 0 Å². The average Bonchev–Trinajstić information content (AvgIpc) is 2.69. The van der Waals surface area contributed by atoms with E-state index in [1.54, 1.807) is 24.3 Å². The Balaban J connectivity index is 1.85. The van der Waals surface area contributed by atoms with Gasteiger partial charge in [-0.1, -0.05) is 60.1 Å². The number of halogens is 2. The van der Waals surface area contributed by atoms with Crippen molar-refractivity contribution < 1.29 is 9.18 Å². The smallest absolute Gasteiger partial charge is 0.256 e. The summed E-state index contributed by atoms with van der Waals surface area (Å²) in [6.45, 7) is 0. The van der Waals surface area contributed by atoms with Crippen LogP contribution in [0, 0.1) is 5.82 Å². The van der Waals surface area contributed by atoms with Gasteiger partial charge in [-0.2, -0.15) is 0 Å². The van der Waals surface area contributed by atoms with Crippen molar-refractivity contribution >= 4 is 34.1 Å². The number of carbonyl (C=O) groups is 1. The Hall–Kier alpha value is -3.24. The van der Waals surface area contributed by atoms with Crippen molar-refractivity contribution in [1.82, 2.24) is 4.98 Å². The highest BCUT2D eigenvalue weighted by atomic mass is 35.5. The third kappa shape index (κ3) is 3.39. The second-order valence-corrected chi connectivity index (χ2v) is 6.39. The van der Waals surface area contributed by atoms with Crippen LogP contribution in [0.1, 0.15) is 10.4 Å². The Labute approximate surface area is 160 Å². The van der Waals surface area contributed by atoms with E-state index in [1.165, 1.54) is 12.1 Å². The number of para-hydroxylation sites is 2. The Morgan fingerprint density at radius 3 is 2.44 bits per heavy atom. The lowest BCUT2D eigenvalue weighted by molar-refractivity contribution is 0.102. The van der Waals surface area contributed by atoms with Crippen LogP contribution in [-0.4, -0.2) is 10.9 Å². The standard InChI is InChI=1S/C22H14ClFN2O/c23-17-9-3-1-8-15(17)21-13-16(14-7-2-5-11-19(14)25-21)22(27)26-20-12-6-4-10-18(20)24/h1-13H,(H,26,27). The molecule has 0 atom stereocenters. The van der Waals surface area contributed by atoms with Crippen LogP contribution >= 0.6 is 11.6 Å². The highest BCUT2D eigenvalue weighted by molar-refractivity contribution is 6.33. The lowest BCUT2D eigenvalue weighted by Gasteiger charge is -2.12. The molecule has 0 unspecified atom stereocenters. The summed E-state index contributed by atoms with van der Waals surface area (Å²) in [5.41, 5.74) is 2.50. The van der Waals surface area contributed by atoms with Crippen molar-refractivity contribution in [3.8, 4) is 11.3 Å². The lowest BCUT2D eigenvalue weighted by atomic mass is 10.0. The fourth-order valence-electron chi connectivity index (χ4n) is 2.92. The Kier molecular flexibility index (Phi) is 4.57. The average molecular weight is 377 g/mol. The summed E-state index contributed by atoms with van der Waals surface area (Å²) in [7, 11) is 0. The molecule has 4 aromatic rings. The zero-order chi connectivity index (χ0) is 18.8. The summed E-state index contributed by atoms with van der Waals surface area (Å²) in [4.78, 5) is 17.5. The third-order valence-corrected chi connectivity index (χ3v) is 4.56. The molecule has 1 N–H and O–H groups in total. The first-order valence-electron chi connectivity index (χ1n) is 8.34. The Bertz CT molecular complexity index is 1160. The molecule has 4 rings (SSSR count). The first-order valence-corrected chi connectivity index (χ1v) is 8.72. The van der Waals surface area contributed by atoms with Crippen LogP contribution in [0.5, 0.6) is 0 Å². The molecule has 0 fully saturated rings. The summed E-state index contributed by atoms with van der Waals surface area (Å²) < 4.78 is 13.9. The molecule has 1 heterocycles. The molecule has 0 aliphatic rings. The van der Waals surface area contributed by atoms with E-state index in [-0.39, 0.29) is 5.69 Å². The largest absolute Gasteiger partial charge is 0.319 e. The SMILES string of the molecule is O=C(Nc1ccccc1F)c1cc(-c2ccccc2Cl)nc2ccccc12. The number of hydrogen-bond acceptors (Lipinski definition) is 2. The van der Waals surface area contributed by atoms with E-state index in [2.05, 4.69) is 10.3 Å². The monoisotopic (exact) mass is 376 g/mol. The molecular weight excluding hydrogens is 363 g/mol. The number of fused-ring (bicyclic) bond motifs is 1.